The fraction of sp³-hybridized carbons (Fsp3) is 0.273. The Balaban J connectivity index is 3.08. The van der Waals surface area contributed by atoms with Gasteiger partial charge in [-0.15, -0.1) is 5.54 Å². The van der Waals surface area contributed by atoms with Crippen LogP contribution in [0, 0.1) is 11.5 Å². The summed E-state index contributed by atoms with van der Waals surface area (Å²) >= 11 is 0. The third-order valence-corrected chi connectivity index (χ3v) is 2.50. The van der Waals surface area contributed by atoms with E-state index in [1.54, 1.807) is 12.4 Å². The summed E-state index contributed by atoms with van der Waals surface area (Å²) in [6.45, 7) is 6.54. The van der Waals surface area contributed by atoms with Crippen molar-refractivity contribution in [1.82, 2.24) is 4.98 Å². The number of aromatic nitrogens is 1. The molecule has 1 N–H and O–H groups in total. The molecular weight excluding hydrogens is 204 g/mol. The molecule has 1 aromatic rings. The van der Waals surface area contributed by atoms with Gasteiger partial charge in [0, 0.05) is 23.5 Å². The van der Waals surface area contributed by atoms with Crippen LogP contribution in [0.3, 0.4) is 0 Å². The van der Waals surface area contributed by atoms with E-state index in [9.17, 15) is 0 Å². The first-order valence-electron chi connectivity index (χ1n) is 4.67. The highest BCUT2D eigenvalue weighted by Crippen LogP contribution is 2.04. The smallest absolute Gasteiger partial charge is 0.129 e. The molecule has 1 rings (SSSR count). The molecule has 78 valence electrons. The number of nitrogens with zero attached hydrogens (tertiary/aromatic N) is 2. The molecule has 15 heavy (non-hydrogen) atoms. The molecule has 0 saturated carbocycles. The van der Waals surface area contributed by atoms with Crippen molar-refractivity contribution < 1.29 is 5.21 Å². The Morgan fingerprint density at radius 2 is 2.20 bits per heavy atom. The summed E-state index contributed by atoms with van der Waals surface area (Å²) < 4.78 is 0. The summed E-state index contributed by atoms with van der Waals surface area (Å²) in [4.78, 5) is 3.95. The van der Waals surface area contributed by atoms with Crippen molar-refractivity contribution in [2.45, 2.75) is 19.6 Å². The Morgan fingerprint density at radius 1 is 1.47 bits per heavy atom. The zero-order chi connectivity index (χ0) is 11.3. The minimum Gasteiger partial charge on any atom is -0.411 e. The molecular formula is C11H14N2OSi. The second-order valence-corrected chi connectivity index (χ2v) is 8.96. The maximum Gasteiger partial charge on any atom is 0.129 e. The average molecular weight is 218 g/mol. The molecule has 0 radical (unpaired) electrons. The Morgan fingerprint density at radius 3 is 2.80 bits per heavy atom. The molecule has 0 atom stereocenters. The summed E-state index contributed by atoms with van der Waals surface area (Å²) in [5, 5.41) is 11.5. The van der Waals surface area contributed by atoms with Gasteiger partial charge in [0.1, 0.15) is 8.07 Å². The van der Waals surface area contributed by atoms with Crippen LogP contribution in [0.15, 0.2) is 23.6 Å². The molecule has 0 amide bonds. The third-order valence-electron chi connectivity index (χ3n) is 1.62. The number of hydrogen-bond acceptors (Lipinski definition) is 3. The van der Waals surface area contributed by atoms with Crippen LogP contribution in [0.1, 0.15) is 11.1 Å². The van der Waals surface area contributed by atoms with Gasteiger partial charge in [0.05, 0.1) is 6.21 Å². The van der Waals surface area contributed by atoms with Gasteiger partial charge in [-0.1, -0.05) is 30.7 Å². The van der Waals surface area contributed by atoms with E-state index >= 15 is 0 Å². The number of rotatable bonds is 1. The van der Waals surface area contributed by atoms with Crippen LogP contribution >= 0.6 is 0 Å². The molecule has 3 nitrogen and oxygen atoms in total. The first kappa shape index (κ1) is 11.5. The average Bonchev–Trinajstić information content (AvgIpc) is 2.16. The van der Waals surface area contributed by atoms with Crippen molar-refractivity contribution in [3.05, 3.63) is 29.6 Å². The minimum absolute atomic E-state index is 0.741. The monoisotopic (exact) mass is 218 g/mol. The maximum atomic E-state index is 8.47. The van der Waals surface area contributed by atoms with Gasteiger partial charge in [0.15, 0.2) is 0 Å². The molecule has 0 bridgehead atoms. The fourth-order valence-electron chi connectivity index (χ4n) is 0.940. The molecule has 0 saturated heterocycles. The van der Waals surface area contributed by atoms with Crippen LogP contribution < -0.4 is 0 Å². The highest BCUT2D eigenvalue weighted by molar-refractivity contribution is 6.83. The van der Waals surface area contributed by atoms with Crippen LogP contribution in [0.2, 0.25) is 19.6 Å². The molecule has 0 aliphatic carbocycles. The number of oxime groups is 1. The molecule has 1 aromatic heterocycles. The van der Waals surface area contributed by atoms with E-state index in [4.69, 9.17) is 5.21 Å². The van der Waals surface area contributed by atoms with Crippen LogP contribution in [-0.2, 0) is 0 Å². The Kier molecular flexibility index (Phi) is 3.64. The van der Waals surface area contributed by atoms with Crippen LogP contribution in [-0.4, -0.2) is 24.5 Å². The van der Waals surface area contributed by atoms with Gasteiger partial charge in [0.25, 0.3) is 0 Å². The summed E-state index contributed by atoms with van der Waals surface area (Å²) in [6, 6.07) is 1.82. The van der Waals surface area contributed by atoms with E-state index in [0.29, 0.717) is 0 Å². The Hall–Kier alpha value is -1.60. The second-order valence-electron chi connectivity index (χ2n) is 4.21. The van der Waals surface area contributed by atoms with Gasteiger partial charge in [-0.2, -0.15) is 0 Å². The molecule has 4 heteroatoms. The second kappa shape index (κ2) is 4.76. The lowest BCUT2D eigenvalue weighted by molar-refractivity contribution is 0.322. The van der Waals surface area contributed by atoms with Gasteiger partial charge < -0.3 is 5.21 Å². The van der Waals surface area contributed by atoms with E-state index in [-0.39, 0.29) is 0 Å². The lowest BCUT2D eigenvalue weighted by Crippen LogP contribution is -2.16. The van der Waals surface area contributed by atoms with E-state index < -0.39 is 8.07 Å². The zero-order valence-corrected chi connectivity index (χ0v) is 10.2. The first-order chi connectivity index (χ1) is 7.03. The van der Waals surface area contributed by atoms with Gasteiger partial charge in [-0.25, -0.2) is 0 Å². The standard InChI is InChI=1S/C11H14N2OSi/c1-15(2,3)7-5-10-4-6-12-8-11(10)9-13-14/h4,6,8-9,14H,1-3H3/b13-9+. The number of pyridine rings is 1. The normalized spacial score (nSPS) is 11.1. The summed E-state index contributed by atoms with van der Waals surface area (Å²) in [5.41, 5.74) is 4.85. The molecule has 0 fully saturated rings. The van der Waals surface area contributed by atoms with Gasteiger partial charge in [-0.05, 0) is 6.07 Å². The Labute approximate surface area is 90.9 Å². The van der Waals surface area contributed by atoms with E-state index in [0.717, 1.165) is 11.1 Å². The van der Waals surface area contributed by atoms with E-state index in [1.807, 2.05) is 6.07 Å². The largest absolute Gasteiger partial charge is 0.411 e. The lowest BCUT2D eigenvalue weighted by atomic mass is 10.2. The minimum atomic E-state index is -1.37. The molecule has 0 aliphatic rings. The fourth-order valence-corrected chi connectivity index (χ4v) is 1.45. The van der Waals surface area contributed by atoms with Crippen molar-refractivity contribution in [2.24, 2.45) is 5.16 Å². The topological polar surface area (TPSA) is 45.5 Å². The van der Waals surface area contributed by atoms with Crippen LogP contribution in [0.4, 0.5) is 0 Å². The molecule has 0 aromatic carbocycles. The maximum absolute atomic E-state index is 8.47. The number of hydrogen-bond donors (Lipinski definition) is 1. The highest BCUT2D eigenvalue weighted by Gasteiger charge is 2.07. The van der Waals surface area contributed by atoms with Gasteiger partial charge in [-0.3, -0.25) is 4.98 Å². The quantitative estimate of drug-likeness (QED) is 0.258. The van der Waals surface area contributed by atoms with Crippen molar-refractivity contribution in [2.75, 3.05) is 0 Å². The van der Waals surface area contributed by atoms with Gasteiger partial charge >= 0.3 is 0 Å². The molecule has 1 heterocycles. The summed E-state index contributed by atoms with van der Waals surface area (Å²) in [7, 11) is -1.37. The van der Waals surface area contributed by atoms with Gasteiger partial charge in [0.2, 0.25) is 0 Å². The van der Waals surface area contributed by atoms with E-state index in [1.165, 1.54) is 6.21 Å². The van der Waals surface area contributed by atoms with Crippen molar-refractivity contribution >= 4 is 14.3 Å². The summed E-state index contributed by atoms with van der Waals surface area (Å²) in [5.74, 6) is 3.11. The van der Waals surface area contributed by atoms with Crippen LogP contribution in [0.25, 0.3) is 0 Å². The SMILES string of the molecule is C[Si](C)(C)C#Cc1ccncc1/C=N/O. The molecule has 0 unspecified atom stereocenters. The third kappa shape index (κ3) is 3.96. The highest BCUT2D eigenvalue weighted by atomic mass is 28.3. The predicted octanol–water partition coefficient (Wildman–Crippen LogP) is 2.12. The van der Waals surface area contributed by atoms with Crippen molar-refractivity contribution in [3.8, 4) is 11.5 Å². The van der Waals surface area contributed by atoms with E-state index in [2.05, 4.69) is 41.2 Å². The zero-order valence-electron chi connectivity index (χ0n) is 9.15. The lowest BCUT2D eigenvalue weighted by Gasteiger charge is -2.03. The van der Waals surface area contributed by atoms with Crippen molar-refractivity contribution in [1.29, 1.82) is 0 Å². The molecule has 0 aliphatic heterocycles. The molecule has 0 spiro atoms. The Bertz CT molecular complexity index is 424. The van der Waals surface area contributed by atoms with Crippen molar-refractivity contribution in [3.63, 3.8) is 0 Å². The van der Waals surface area contributed by atoms with Crippen LogP contribution in [0.5, 0.6) is 0 Å². The predicted molar refractivity (Wildman–Crippen MR) is 63.8 cm³/mol. The summed E-state index contributed by atoms with van der Waals surface area (Å²) in [6.07, 6.45) is 4.66. The first-order valence-corrected chi connectivity index (χ1v) is 8.17.